The molecule has 0 aliphatic rings. The number of carbonyl (C=O) groups is 1. The molecule has 1 aromatic carbocycles. The number of rotatable bonds is 7. The molecule has 0 aliphatic heterocycles. The van der Waals surface area contributed by atoms with Crippen molar-refractivity contribution in [2.45, 2.75) is 32.7 Å². The van der Waals surface area contributed by atoms with Crippen molar-refractivity contribution in [1.29, 1.82) is 0 Å². The number of anilines is 1. The van der Waals surface area contributed by atoms with E-state index in [1.807, 2.05) is 6.92 Å². The van der Waals surface area contributed by atoms with Gasteiger partial charge in [-0.1, -0.05) is 13.3 Å². The van der Waals surface area contributed by atoms with Crippen LogP contribution in [-0.4, -0.2) is 46.1 Å². The summed E-state index contributed by atoms with van der Waals surface area (Å²) in [6.45, 7) is 3.26. The standard InChI is InChI=1S/C15H21N5O6S/c1-5-6-10-7-11(19(22)23)13(12(8-10)20(24)25)17-9(2)14(21)18(4)26-15(27)16-3/h7-9,17H,5-6H2,1-4H3,(H,16,27). The minimum Gasteiger partial charge on any atom is -0.362 e. The van der Waals surface area contributed by atoms with Gasteiger partial charge in [0.15, 0.2) is 5.69 Å². The Kier molecular flexibility index (Phi) is 7.84. The van der Waals surface area contributed by atoms with E-state index < -0.39 is 33.2 Å². The van der Waals surface area contributed by atoms with Gasteiger partial charge in [-0.15, -0.1) is 0 Å². The molecule has 0 radical (unpaired) electrons. The number of hydrogen-bond donors (Lipinski definition) is 2. The van der Waals surface area contributed by atoms with Gasteiger partial charge in [0.2, 0.25) is 0 Å². The lowest BCUT2D eigenvalue weighted by atomic mass is 10.1. The van der Waals surface area contributed by atoms with Crippen molar-refractivity contribution in [3.8, 4) is 0 Å². The zero-order valence-corrected chi connectivity index (χ0v) is 16.2. The van der Waals surface area contributed by atoms with Crippen molar-refractivity contribution in [3.05, 3.63) is 37.9 Å². The number of benzene rings is 1. The van der Waals surface area contributed by atoms with Crippen LogP contribution in [0.3, 0.4) is 0 Å². The van der Waals surface area contributed by atoms with Gasteiger partial charge in [0, 0.05) is 26.2 Å². The first-order valence-electron chi connectivity index (χ1n) is 8.01. The minimum absolute atomic E-state index is 0.0565. The van der Waals surface area contributed by atoms with Crippen molar-refractivity contribution in [2.75, 3.05) is 19.4 Å². The van der Waals surface area contributed by atoms with Crippen LogP contribution >= 0.6 is 12.2 Å². The Morgan fingerprint density at radius 3 is 2.22 bits per heavy atom. The third-order valence-corrected chi connectivity index (χ3v) is 3.83. The maximum atomic E-state index is 12.3. The molecule has 1 aromatic rings. The monoisotopic (exact) mass is 399 g/mol. The lowest BCUT2D eigenvalue weighted by molar-refractivity contribution is -0.392. The Morgan fingerprint density at radius 1 is 1.30 bits per heavy atom. The number of aryl methyl sites for hydroxylation is 1. The van der Waals surface area contributed by atoms with E-state index in [1.54, 1.807) is 0 Å². The Labute approximate surface area is 160 Å². The number of nitro groups is 2. The van der Waals surface area contributed by atoms with Crippen molar-refractivity contribution in [3.63, 3.8) is 0 Å². The third kappa shape index (κ3) is 5.74. The number of nitrogens with zero attached hydrogens (tertiary/aromatic N) is 3. The molecule has 0 saturated carbocycles. The van der Waals surface area contributed by atoms with E-state index in [4.69, 9.17) is 17.1 Å². The fourth-order valence-corrected chi connectivity index (χ4v) is 2.42. The fraction of sp³-hybridized carbons (Fsp3) is 0.467. The summed E-state index contributed by atoms with van der Waals surface area (Å²) < 4.78 is 0. The second-order valence-corrected chi connectivity index (χ2v) is 5.97. The number of nitro benzene ring substituents is 2. The SMILES string of the molecule is CCCc1cc([N+](=O)[O-])c(NC(C)C(=O)N(C)OC(=S)NC)c([N+](=O)[O-])c1. The average Bonchev–Trinajstić information content (AvgIpc) is 2.61. The molecule has 0 saturated heterocycles. The highest BCUT2D eigenvalue weighted by Gasteiger charge is 2.30. The predicted octanol–water partition coefficient (Wildman–Crippen LogP) is 2.15. The van der Waals surface area contributed by atoms with Gasteiger partial charge in [-0.05, 0) is 31.1 Å². The quantitative estimate of drug-likeness (QED) is 0.401. The second kappa shape index (κ2) is 9.62. The number of thiocarbonyl (C=S) groups is 1. The zero-order valence-electron chi connectivity index (χ0n) is 15.3. The largest absolute Gasteiger partial charge is 0.362 e. The molecule has 2 N–H and O–H groups in total. The summed E-state index contributed by atoms with van der Waals surface area (Å²) in [6, 6.07) is 1.49. The summed E-state index contributed by atoms with van der Waals surface area (Å²) >= 11 is 4.79. The topological polar surface area (TPSA) is 140 Å². The molecule has 1 unspecified atom stereocenters. The average molecular weight is 399 g/mol. The summed E-state index contributed by atoms with van der Waals surface area (Å²) in [7, 11) is 2.81. The molecular formula is C15H21N5O6S. The van der Waals surface area contributed by atoms with Gasteiger partial charge in [0.1, 0.15) is 6.04 Å². The Bertz CT molecular complexity index is 721. The van der Waals surface area contributed by atoms with E-state index >= 15 is 0 Å². The van der Waals surface area contributed by atoms with Crippen molar-refractivity contribution in [1.82, 2.24) is 10.4 Å². The van der Waals surface area contributed by atoms with Gasteiger partial charge in [0.05, 0.1) is 9.85 Å². The Hall–Kier alpha value is -3.02. The van der Waals surface area contributed by atoms with E-state index in [0.717, 1.165) is 5.06 Å². The van der Waals surface area contributed by atoms with Crippen LogP contribution < -0.4 is 10.6 Å². The lowest BCUT2D eigenvalue weighted by Crippen LogP contribution is -2.41. The summed E-state index contributed by atoms with van der Waals surface area (Å²) in [5, 5.41) is 28.7. The van der Waals surface area contributed by atoms with Crippen molar-refractivity contribution in [2.24, 2.45) is 0 Å². The van der Waals surface area contributed by atoms with Gasteiger partial charge in [-0.25, -0.2) is 0 Å². The molecule has 27 heavy (non-hydrogen) atoms. The van der Waals surface area contributed by atoms with E-state index in [2.05, 4.69) is 10.6 Å². The molecule has 12 heteroatoms. The van der Waals surface area contributed by atoms with Crippen LogP contribution in [0.2, 0.25) is 0 Å². The van der Waals surface area contributed by atoms with E-state index in [0.29, 0.717) is 18.4 Å². The highest BCUT2D eigenvalue weighted by atomic mass is 32.1. The number of hydrogen-bond acceptors (Lipinski definition) is 8. The summed E-state index contributed by atoms with van der Waals surface area (Å²) in [6.07, 6.45) is 1.12. The van der Waals surface area contributed by atoms with Gasteiger partial charge < -0.3 is 15.5 Å². The molecule has 1 rings (SSSR count). The first kappa shape index (κ1) is 22.0. The predicted molar refractivity (Wildman–Crippen MR) is 102 cm³/mol. The minimum atomic E-state index is -1.05. The van der Waals surface area contributed by atoms with Gasteiger partial charge in [-0.3, -0.25) is 25.0 Å². The maximum absolute atomic E-state index is 12.3. The Balaban J connectivity index is 3.23. The molecule has 1 atom stereocenters. The molecule has 0 bridgehead atoms. The molecule has 0 aromatic heterocycles. The highest BCUT2D eigenvalue weighted by Crippen LogP contribution is 2.36. The molecule has 0 heterocycles. The number of carbonyl (C=O) groups excluding carboxylic acids is 1. The van der Waals surface area contributed by atoms with Gasteiger partial charge in [-0.2, -0.15) is 5.06 Å². The zero-order chi connectivity index (χ0) is 20.7. The summed E-state index contributed by atoms with van der Waals surface area (Å²) in [4.78, 5) is 38.8. The fourth-order valence-electron chi connectivity index (χ4n) is 2.30. The van der Waals surface area contributed by atoms with E-state index in [1.165, 1.54) is 33.2 Å². The van der Waals surface area contributed by atoms with Crippen molar-refractivity contribution < 1.29 is 19.5 Å². The van der Waals surface area contributed by atoms with Crippen LogP contribution in [0.4, 0.5) is 17.1 Å². The molecule has 0 fully saturated rings. The van der Waals surface area contributed by atoms with Crippen LogP contribution in [0.5, 0.6) is 0 Å². The van der Waals surface area contributed by atoms with Crippen LogP contribution in [0.1, 0.15) is 25.8 Å². The third-order valence-electron chi connectivity index (χ3n) is 3.55. The van der Waals surface area contributed by atoms with Crippen LogP contribution in [0, 0.1) is 20.2 Å². The lowest BCUT2D eigenvalue weighted by Gasteiger charge is -2.22. The smallest absolute Gasteiger partial charge is 0.299 e. The van der Waals surface area contributed by atoms with Crippen molar-refractivity contribution >= 4 is 40.4 Å². The van der Waals surface area contributed by atoms with Gasteiger partial charge in [0.25, 0.3) is 22.5 Å². The van der Waals surface area contributed by atoms with E-state index in [-0.39, 0.29) is 10.9 Å². The summed E-state index contributed by atoms with van der Waals surface area (Å²) in [5.41, 5.74) is -0.807. The van der Waals surface area contributed by atoms with Crippen LogP contribution in [0.15, 0.2) is 12.1 Å². The number of hydroxylamine groups is 2. The van der Waals surface area contributed by atoms with Crippen LogP contribution in [-0.2, 0) is 16.1 Å². The number of amides is 1. The maximum Gasteiger partial charge on any atom is 0.299 e. The number of likely N-dealkylation sites (N-methyl/N-ethyl adjacent to an activating group) is 1. The first-order valence-corrected chi connectivity index (χ1v) is 8.42. The first-order chi connectivity index (χ1) is 12.6. The summed E-state index contributed by atoms with van der Waals surface area (Å²) in [5.74, 6) is -0.631. The molecule has 148 valence electrons. The normalized spacial score (nSPS) is 11.3. The second-order valence-electron chi connectivity index (χ2n) is 5.60. The number of nitrogens with one attached hydrogen (secondary N) is 2. The highest BCUT2D eigenvalue weighted by molar-refractivity contribution is 7.80. The Morgan fingerprint density at radius 2 is 1.81 bits per heavy atom. The molecular weight excluding hydrogens is 378 g/mol. The van der Waals surface area contributed by atoms with Gasteiger partial charge >= 0.3 is 0 Å². The van der Waals surface area contributed by atoms with Crippen LogP contribution in [0.25, 0.3) is 0 Å². The molecule has 1 amide bonds. The molecule has 0 aliphatic carbocycles. The van der Waals surface area contributed by atoms with E-state index in [9.17, 15) is 25.0 Å². The molecule has 11 nitrogen and oxygen atoms in total. The molecule has 0 spiro atoms.